The number of rotatable bonds is 8. The monoisotopic (exact) mass is 460 g/mol. The van der Waals surface area contributed by atoms with Crippen LogP contribution >= 0.6 is 11.8 Å². The Hall–Kier alpha value is -2.78. The minimum Gasteiger partial charge on any atom is -0.353 e. The summed E-state index contributed by atoms with van der Waals surface area (Å²) in [6.45, 7) is 1.68. The molecular formula is C23H23F3N4OS. The average molecular weight is 461 g/mol. The van der Waals surface area contributed by atoms with Crippen molar-refractivity contribution < 1.29 is 18.0 Å². The Morgan fingerprint density at radius 2 is 1.91 bits per heavy atom. The molecular weight excluding hydrogens is 437 g/mol. The summed E-state index contributed by atoms with van der Waals surface area (Å²) in [5, 5.41) is 3.00. The van der Waals surface area contributed by atoms with E-state index in [4.69, 9.17) is 0 Å². The van der Waals surface area contributed by atoms with Crippen LogP contribution in [0.4, 0.5) is 13.2 Å². The molecule has 5 nitrogen and oxygen atoms in total. The summed E-state index contributed by atoms with van der Waals surface area (Å²) in [6, 6.07) is 9.09. The van der Waals surface area contributed by atoms with Crippen molar-refractivity contribution in [2.75, 3.05) is 13.1 Å². The fraction of sp³-hybridized carbons (Fsp3) is 0.304. The fourth-order valence-corrected chi connectivity index (χ4v) is 5.05. The zero-order valence-corrected chi connectivity index (χ0v) is 18.1. The number of carbonyl (C=O) groups is 1. The molecule has 0 unspecified atom stereocenters. The molecule has 2 heterocycles. The smallest absolute Gasteiger partial charge is 0.237 e. The van der Waals surface area contributed by atoms with Crippen molar-refractivity contribution in [2.45, 2.75) is 35.7 Å². The van der Waals surface area contributed by atoms with E-state index in [0.717, 1.165) is 17.0 Å². The Morgan fingerprint density at radius 3 is 2.66 bits per heavy atom. The van der Waals surface area contributed by atoms with Crippen molar-refractivity contribution >= 4 is 17.7 Å². The van der Waals surface area contributed by atoms with Crippen LogP contribution in [0.1, 0.15) is 12.0 Å². The molecule has 1 fully saturated rings. The first-order valence-corrected chi connectivity index (χ1v) is 11.2. The molecule has 168 valence electrons. The number of nitrogens with one attached hydrogen (secondary N) is 1. The van der Waals surface area contributed by atoms with Crippen LogP contribution in [-0.2, 0) is 17.9 Å². The maximum absolute atomic E-state index is 14.2. The zero-order valence-electron chi connectivity index (χ0n) is 17.3. The van der Waals surface area contributed by atoms with E-state index in [1.165, 1.54) is 18.2 Å². The van der Waals surface area contributed by atoms with Gasteiger partial charge in [0.05, 0.1) is 12.4 Å². The van der Waals surface area contributed by atoms with Gasteiger partial charge in [-0.1, -0.05) is 0 Å². The Morgan fingerprint density at radius 1 is 1.12 bits per heavy atom. The lowest BCUT2D eigenvalue weighted by molar-refractivity contribution is -0.125. The van der Waals surface area contributed by atoms with E-state index < -0.39 is 17.7 Å². The molecule has 0 aliphatic carbocycles. The van der Waals surface area contributed by atoms with Gasteiger partial charge in [0.15, 0.2) is 0 Å². The van der Waals surface area contributed by atoms with Gasteiger partial charge in [0.25, 0.3) is 0 Å². The molecule has 0 spiro atoms. The molecule has 1 aromatic heterocycles. The largest absolute Gasteiger partial charge is 0.353 e. The molecule has 0 radical (unpaired) electrons. The van der Waals surface area contributed by atoms with Gasteiger partial charge in [-0.05, 0) is 48.9 Å². The van der Waals surface area contributed by atoms with E-state index in [1.54, 1.807) is 36.4 Å². The molecule has 1 amide bonds. The Bertz CT molecular complexity index is 1050. The number of benzene rings is 2. The van der Waals surface area contributed by atoms with Crippen molar-refractivity contribution in [1.82, 2.24) is 19.8 Å². The molecule has 1 saturated heterocycles. The van der Waals surface area contributed by atoms with Crippen LogP contribution in [0.2, 0.25) is 0 Å². The molecule has 4 rings (SSSR count). The fourth-order valence-electron chi connectivity index (χ4n) is 3.83. The predicted octanol–water partition coefficient (Wildman–Crippen LogP) is 3.85. The maximum atomic E-state index is 14.2. The van der Waals surface area contributed by atoms with Crippen LogP contribution in [0.25, 0.3) is 0 Å². The van der Waals surface area contributed by atoms with Gasteiger partial charge in [-0.25, -0.2) is 18.2 Å². The summed E-state index contributed by atoms with van der Waals surface area (Å²) >= 11 is 1.56. The van der Waals surface area contributed by atoms with Crippen molar-refractivity contribution in [3.05, 3.63) is 84.2 Å². The highest BCUT2D eigenvalue weighted by atomic mass is 32.2. The minimum atomic E-state index is -0.515. The molecule has 0 saturated carbocycles. The standard InChI is InChI=1S/C23H23F3N4OS/c24-17-1-4-19(5-2-17)32-20-12-22(23(31)28-8-10-29-9-7-27-15-29)30(14-20)13-16-11-18(25)3-6-21(16)26/h1-7,9,11,15,20,22H,8,10,12-14H2,(H,28,31)/t20-,22+/m1/s1. The highest BCUT2D eigenvalue weighted by molar-refractivity contribution is 8.00. The van der Waals surface area contributed by atoms with E-state index >= 15 is 0 Å². The Kier molecular flexibility index (Phi) is 7.16. The van der Waals surface area contributed by atoms with Crippen LogP contribution < -0.4 is 5.32 Å². The second-order valence-electron chi connectivity index (χ2n) is 7.70. The van der Waals surface area contributed by atoms with E-state index in [1.807, 2.05) is 15.7 Å². The molecule has 9 heteroatoms. The number of amides is 1. The predicted molar refractivity (Wildman–Crippen MR) is 116 cm³/mol. The van der Waals surface area contributed by atoms with Gasteiger partial charge in [0, 0.05) is 54.3 Å². The van der Waals surface area contributed by atoms with Gasteiger partial charge < -0.3 is 9.88 Å². The second kappa shape index (κ2) is 10.2. The van der Waals surface area contributed by atoms with Crippen molar-refractivity contribution in [1.29, 1.82) is 0 Å². The molecule has 1 aliphatic heterocycles. The minimum absolute atomic E-state index is 0.0569. The molecule has 1 aliphatic rings. The summed E-state index contributed by atoms with van der Waals surface area (Å²) in [5.74, 6) is -1.47. The summed E-state index contributed by atoms with van der Waals surface area (Å²) in [7, 11) is 0. The Labute approximate surface area is 188 Å². The normalized spacial score (nSPS) is 18.7. The van der Waals surface area contributed by atoms with E-state index in [0.29, 0.717) is 26.1 Å². The van der Waals surface area contributed by atoms with Gasteiger partial charge in [-0.3, -0.25) is 9.69 Å². The van der Waals surface area contributed by atoms with Crippen LogP contribution in [-0.4, -0.2) is 44.7 Å². The summed E-state index contributed by atoms with van der Waals surface area (Å²) in [6.07, 6.45) is 5.72. The lowest BCUT2D eigenvalue weighted by Crippen LogP contribution is -2.43. The highest BCUT2D eigenvalue weighted by Gasteiger charge is 2.37. The molecule has 2 aromatic carbocycles. The number of hydrogen-bond donors (Lipinski definition) is 1. The van der Waals surface area contributed by atoms with Gasteiger partial charge >= 0.3 is 0 Å². The van der Waals surface area contributed by atoms with Crippen LogP contribution in [0.5, 0.6) is 0 Å². The number of thioether (sulfide) groups is 1. The zero-order chi connectivity index (χ0) is 22.5. The molecule has 1 N–H and O–H groups in total. The number of hydrogen-bond acceptors (Lipinski definition) is 4. The lowest BCUT2D eigenvalue weighted by Gasteiger charge is -2.24. The third-order valence-corrected chi connectivity index (χ3v) is 6.61. The van der Waals surface area contributed by atoms with Crippen LogP contribution in [0.15, 0.2) is 66.1 Å². The molecule has 3 aromatic rings. The first-order valence-electron chi connectivity index (χ1n) is 10.3. The number of carbonyl (C=O) groups excluding carboxylic acids is 1. The Balaban J connectivity index is 1.45. The van der Waals surface area contributed by atoms with Crippen molar-refractivity contribution in [2.24, 2.45) is 0 Å². The van der Waals surface area contributed by atoms with E-state index in [-0.39, 0.29) is 29.1 Å². The van der Waals surface area contributed by atoms with Crippen LogP contribution in [0, 0.1) is 17.5 Å². The van der Waals surface area contributed by atoms with Crippen LogP contribution in [0.3, 0.4) is 0 Å². The van der Waals surface area contributed by atoms with E-state index in [2.05, 4.69) is 10.3 Å². The topological polar surface area (TPSA) is 50.2 Å². The molecule has 0 bridgehead atoms. The first kappa shape index (κ1) is 22.4. The van der Waals surface area contributed by atoms with Gasteiger partial charge in [-0.2, -0.15) is 0 Å². The molecule has 32 heavy (non-hydrogen) atoms. The SMILES string of the molecule is O=C(NCCn1ccnc1)[C@@H]1C[C@@H](Sc2ccc(F)cc2)CN1Cc1cc(F)ccc1F. The van der Waals surface area contributed by atoms with Gasteiger partial charge in [0.1, 0.15) is 17.5 Å². The lowest BCUT2D eigenvalue weighted by atomic mass is 10.1. The summed E-state index contributed by atoms with van der Waals surface area (Å²) in [4.78, 5) is 19.7. The van der Waals surface area contributed by atoms with Gasteiger partial charge in [0.2, 0.25) is 5.91 Å². The van der Waals surface area contributed by atoms with Crippen molar-refractivity contribution in [3.8, 4) is 0 Å². The first-order chi connectivity index (χ1) is 15.5. The quantitative estimate of drug-likeness (QED) is 0.555. The van der Waals surface area contributed by atoms with E-state index in [9.17, 15) is 18.0 Å². The summed E-state index contributed by atoms with van der Waals surface area (Å²) < 4.78 is 43.0. The third kappa shape index (κ3) is 5.72. The van der Waals surface area contributed by atoms with Crippen molar-refractivity contribution in [3.63, 3.8) is 0 Å². The number of likely N-dealkylation sites (tertiary alicyclic amines) is 1. The number of imidazole rings is 1. The number of aromatic nitrogens is 2. The number of nitrogens with zero attached hydrogens (tertiary/aromatic N) is 3. The number of halogens is 3. The average Bonchev–Trinajstić information content (AvgIpc) is 3.42. The third-order valence-electron chi connectivity index (χ3n) is 5.39. The second-order valence-corrected chi connectivity index (χ2v) is 9.08. The maximum Gasteiger partial charge on any atom is 0.237 e. The van der Waals surface area contributed by atoms with Gasteiger partial charge in [-0.15, -0.1) is 11.8 Å². The highest BCUT2D eigenvalue weighted by Crippen LogP contribution is 2.34. The molecule has 2 atom stereocenters. The summed E-state index contributed by atoms with van der Waals surface area (Å²) in [5.41, 5.74) is 0.216.